The van der Waals surface area contributed by atoms with Crippen LogP contribution >= 0.6 is 0 Å². The Kier molecular flexibility index (Phi) is 5.80. The van der Waals surface area contributed by atoms with Gasteiger partial charge in [-0.15, -0.1) is 0 Å². The molecule has 1 heterocycles. The highest BCUT2D eigenvalue weighted by Crippen LogP contribution is 2.09. The Morgan fingerprint density at radius 3 is 2.24 bits per heavy atom. The third kappa shape index (κ3) is 5.56. The molecule has 0 aromatic rings. The molecular formula is C12H23N3O2. The molecule has 2 N–H and O–H groups in total. The minimum Gasteiger partial charge on any atom is -0.341 e. The van der Waals surface area contributed by atoms with Gasteiger partial charge in [0.1, 0.15) is 0 Å². The van der Waals surface area contributed by atoms with Crippen LogP contribution in [0.1, 0.15) is 39.5 Å². The number of carbonyl (C=O) groups excluding carboxylic acids is 2. The molecule has 0 aliphatic carbocycles. The number of likely N-dealkylation sites (tertiary alicyclic amines) is 1. The van der Waals surface area contributed by atoms with Crippen LogP contribution in [-0.4, -0.2) is 42.5 Å². The molecular weight excluding hydrogens is 218 g/mol. The highest BCUT2D eigenvalue weighted by molar-refractivity contribution is 5.84. The summed E-state index contributed by atoms with van der Waals surface area (Å²) in [6.45, 7) is 5.52. The van der Waals surface area contributed by atoms with Crippen molar-refractivity contribution in [1.29, 1.82) is 0 Å². The van der Waals surface area contributed by atoms with E-state index in [0.29, 0.717) is 0 Å². The molecule has 98 valence electrons. The second-order valence-corrected chi connectivity index (χ2v) is 4.78. The fraction of sp³-hybridized carbons (Fsp3) is 0.833. The summed E-state index contributed by atoms with van der Waals surface area (Å²) < 4.78 is 0. The Morgan fingerprint density at radius 1 is 1.12 bits per heavy atom. The van der Waals surface area contributed by atoms with E-state index >= 15 is 0 Å². The lowest BCUT2D eigenvalue weighted by Crippen LogP contribution is -2.45. The molecule has 0 bridgehead atoms. The molecule has 0 unspecified atom stereocenters. The van der Waals surface area contributed by atoms with Gasteiger partial charge in [-0.05, 0) is 26.7 Å². The van der Waals surface area contributed by atoms with E-state index in [9.17, 15) is 9.59 Å². The van der Waals surface area contributed by atoms with Gasteiger partial charge in [0.05, 0.1) is 6.54 Å². The third-order valence-electron chi connectivity index (χ3n) is 2.78. The van der Waals surface area contributed by atoms with Crippen molar-refractivity contribution in [2.45, 2.75) is 45.6 Å². The molecule has 0 aromatic carbocycles. The van der Waals surface area contributed by atoms with Crippen molar-refractivity contribution < 1.29 is 9.59 Å². The first-order valence-electron chi connectivity index (χ1n) is 6.41. The van der Waals surface area contributed by atoms with Gasteiger partial charge in [0.15, 0.2) is 0 Å². The fourth-order valence-corrected chi connectivity index (χ4v) is 1.90. The normalized spacial score (nSPS) is 16.5. The van der Waals surface area contributed by atoms with Gasteiger partial charge in [-0.3, -0.25) is 4.79 Å². The van der Waals surface area contributed by atoms with Crippen LogP contribution in [0.25, 0.3) is 0 Å². The predicted molar refractivity (Wildman–Crippen MR) is 66.7 cm³/mol. The van der Waals surface area contributed by atoms with Crippen molar-refractivity contribution in [3.63, 3.8) is 0 Å². The maximum Gasteiger partial charge on any atom is 0.315 e. The highest BCUT2D eigenvalue weighted by atomic mass is 16.2. The van der Waals surface area contributed by atoms with E-state index in [0.717, 1.165) is 25.9 Å². The summed E-state index contributed by atoms with van der Waals surface area (Å²) in [5, 5.41) is 5.28. The number of rotatable bonds is 3. The first kappa shape index (κ1) is 13.8. The van der Waals surface area contributed by atoms with Crippen LogP contribution in [0.4, 0.5) is 4.79 Å². The zero-order chi connectivity index (χ0) is 12.7. The number of nitrogens with one attached hydrogen (secondary N) is 2. The maximum atomic E-state index is 11.8. The SMILES string of the molecule is CC(C)NC(=O)NCC(=O)N1CCCCCC1. The van der Waals surface area contributed by atoms with Crippen molar-refractivity contribution in [2.75, 3.05) is 19.6 Å². The molecule has 3 amide bonds. The van der Waals surface area contributed by atoms with E-state index in [-0.39, 0.29) is 24.5 Å². The van der Waals surface area contributed by atoms with E-state index in [1.54, 1.807) is 0 Å². The summed E-state index contributed by atoms with van der Waals surface area (Å²) in [4.78, 5) is 25.0. The van der Waals surface area contributed by atoms with Crippen LogP contribution in [0.2, 0.25) is 0 Å². The van der Waals surface area contributed by atoms with Crippen LogP contribution in [0, 0.1) is 0 Å². The first-order chi connectivity index (χ1) is 8.09. The molecule has 1 aliphatic heterocycles. The lowest BCUT2D eigenvalue weighted by Gasteiger charge is -2.20. The number of hydrogen-bond donors (Lipinski definition) is 2. The molecule has 0 saturated carbocycles. The Balaban J connectivity index is 2.25. The molecule has 5 heteroatoms. The largest absolute Gasteiger partial charge is 0.341 e. The van der Waals surface area contributed by atoms with Gasteiger partial charge in [-0.1, -0.05) is 12.8 Å². The smallest absolute Gasteiger partial charge is 0.315 e. The minimum absolute atomic E-state index is 0.0193. The van der Waals surface area contributed by atoms with Gasteiger partial charge in [-0.25, -0.2) is 4.79 Å². The zero-order valence-electron chi connectivity index (χ0n) is 10.8. The molecule has 0 aromatic heterocycles. The van der Waals surface area contributed by atoms with Crippen LogP contribution in [0.5, 0.6) is 0 Å². The molecule has 17 heavy (non-hydrogen) atoms. The van der Waals surface area contributed by atoms with Crippen molar-refractivity contribution in [1.82, 2.24) is 15.5 Å². The summed E-state index contributed by atoms with van der Waals surface area (Å²) in [6, 6.07) is -0.188. The molecule has 5 nitrogen and oxygen atoms in total. The Hall–Kier alpha value is -1.26. The summed E-state index contributed by atoms with van der Waals surface area (Å²) >= 11 is 0. The van der Waals surface area contributed by atoms with E-state index in [1.807, 2.05) is 18.7 Å². The molecule has 1 aliphatic rings. The van der Waals surface area contributed by atoms with Crippen molar-refractivity contribution in [3.8, 4) is 0 Å². The maximum absolute atomic E-state index is 11.8. The third-order valence-corrected chi connectivity index (χ3v) is 2.78. The van der Waals surface area contributed by atoms with Crippen LogP contribution < -0.4 is 10.6 Å². The number of hydrogen-bond acceptors (Lipinski definition) is 2. The summed E-state index contributed by atoms with van der Waals surface area (Å²) in [5.41, 5.74) is 0. The molecule has 1 fully saturated rings. The summed E-state index contributed by atoms with van der Waals surface area (Å²) in [6.07, 6.45) is 4.55. The Bertz CT molecular complexity index is 258. The summed E-state index contributed by atoms with van der Waals surface area (Å²) in [5.74, 6) is 0.0193. The second kappa shape index (κ2) is 7.14. The van der Waals surface area contributed by atoms with Gasteiger partial charge < -0.3 is 15.5 Å². The number of urea groups is 1. The number of amides is 3. The Morgan fingerprint density at radius 2 is 1.71 bits per heavy atom. The quantitative estimate of drug-likeness (QED) is 0.777. The Labute approximate surface area is 103 Å². The average Bonchev–Trinajstić information content (AvgIpc) is 2.53. The van der Waals surface area contributed by atoms with Crippen LogP contribution in [0.3, 0.4) is 0 Å². The summed E-state index contributed by atoms with van der Waals surface area (Å²) in [7, 11) is 0. The molecule has 1 saturated heterocycles. The highest BCUT2D eigenvalue weighted by Gasteiger charge is 2.15. The molecule has 0 atom stereocenters. The van der Waals surface area contributed by atoms with Crippen molar-refractivity contribution >= 4 is 11.9 Å². The van der Waals surface area contributed by atoms with Gasteiger partial charge >= 0.3 is 6.03 Å². The topological polar surface area (TPSA) is 61.4 Å². The number of carbonyl (C=O) groups is 2. The van der Waals surface area contributed by atoms with Crippen LogP contribution in [-0.2, 0) is 4.79 Å². The van der Waals surface area contributed by atoms with Gasteiger partial charge in [0.25, 0.3) is 0 Å². The van der Waals surface area contributed by atoms with Crippen LogP contribution in [0.15, 0.2) is 0 Å². The van der Waals surface area contributed by atoms with E-state index in [4.69, 9.17) is 0 Å². The van der Waals surface area contributed by atoms with E-state index in [1.165, 1.54) is 12.8 Å². The minimum atomic E-state index is -0.275. The van der Waals surface area contributed by atoms with Gasteiger partial charge in [0.2, 0.25) is 5.91 Å². The van der Waals surface area contributed by atoms with Gasteiger partial charge in [0, 0.05) is 19.1 Å². The number of nitrogens with zero attached hydrogens (tertiary/aromatic N) is 1. The molecule has 0 radical (unpaired) electrons. The average molecular weight is 241 g/mol. The fourth-order valence-electron chi connectivity index (χ4n) is 1.90. The zero-order valence-corrected chi connectivity index (χ0v) is 10.8. The standard InChI is InChI=1S/C12H23N3O2/c1-10(2)14-12(17)13-9-11(16)15-7-5-3-4-6-8-15/h10H,3-9H2,1-2H3,(H2,13,14,17). The van der Waals surface area contributed by atoms with E-state index in [2.05, 4.69) is 10.6 Å². The lowest BCUT2D eigenvalue weighted by atomic mass is 10.2. The van der Waals surface area contributed by atoms with Gasteiger partial charge in [-0.2, -0.15) is 0 Å². The second-order valence-electron chi connectivity index (χ2n) is 4.78. The lowest BCUT2D eigenvalue weighted by molar-refractivity contribution is -0.130. The molecule has 0 spiro atoms. The first-order valence-corrected chi connectivity index (χ1v) is 6.41. The van der Waals surface area contributed by atoms with Crippen molar-refractivity contribution in [3.05, 3.63) is 0 Å². The van der Waals surface area contributed by atoms with E-state index < -0.39 is 0 Å². The van der Waals surface area contributed by atoms with Crippen molar-refractivity contribution in [2.24, 2.45) is 0 Å². The monoisotopic (exact) mass is 241 g/mol. The predicted octanol–water partition coefficient (Wildman–Crippen LogP) is 1.10. The molecule has 1 rings (SSSR count).